The number of hydrogen-bond acceptors (Lipinski definition) is 8. The summed E-state index contributed by atoms with van der Waals surface area (Å²) in [5.41, 5.74) is 4.08. The van der Waals surface area contributed by atoms with E-state index in [1.807, 2.05) is 31.2 Å². The monoisotopic (exact) mass is 462 g/mol. The Kier molecular flexibility index (Phi) is 5.99. The van der Waals surface area contributed by atoms with Gasteiger partial charge in [0.1, 0.15) is 12.7 Å². The number of fused-ring (bicyclic) bond motifs is 4. The number of urea groups is 1. The van der Waals surface area contributed by atoms with Gasteiger partial charge in [0.05, 0.1) is 24.0 Å². The fourth-order valence-corrected chi connectivity index (χ4v) is 4.32. The summed E-state index contributed by atoms with van der Waals surface area (Å²) in [6, 6.07) is 10.9. The molecule has 2 atom stereocenters. The number of carbonyl (C=O) groups excluding carboxylic acids is 1. The number of hydrogen-bond donors (Lipinski definition) is 3. The normalized spacial score (nSPS) is 17.3. The van der Waals surface area contributed by atoms with Crippen LogP contribution in [0, 0.1) is 6.92 Å². The van der Waals surface area contributed by atoms with Gasteiger partial charge in [0.15, 0.2) is 5.82 Å². The smallest absolute Gasteiger partial charge is 0.327 e. The quantitative estimate of drug-likeness (QED) is 0.509. The van der Waals surface area contributed by atoms with Crippen molar-refractivity contribution < 1.29 is 19.7 Å². The Morgan fingerprint density at radius 3 is 2.91 bits per heavy atom. The van der Waals surface area contributed by atoms with Gasteiger partial charge in [-0.25, -0.2) is 14.8 Å². The molecule has 1 unspecified atom stereocenters. The Bertz CT molecular complexity index is 1210. The molecular weight excluding hydrogens is 436 g/mol. The summed E-state index contributed by atoms with van der Waals surface area (Å²) < 4.78 is 5.40. The average Bonchev–Trinajstić information content (AvgIpc) is 3.26. The first-order chi connectivity index (χ1) is 16.5. The Labute approximate surface area is 196 Å². The van der Waals surface area contributed by atoms with E-state index in [1.54, 1.807) is 23.2 Å². The molecule has 2 bridgehead atoms. The van der Waals surface area contributed by atoms with Gasteiger partial charge in [0.2, 0.25) is 5.88 Å². The van der Waals surface area contributed by atoms with E-state index in [4.69, 9.17) is 14.8 Å². The number of anilines is 3. The Morgan fingerprint density at radius 1 is 1.24 bits per heavy atom. The average molecular weight is 463 g/mol. The first-order valence-electron chi connectivity index (χ1n) is 11.2. The maximum Gasteiger partial charge on any atom is 0.327 e. The number of carbonyl (C=O) groups is 1. The van der Waals surface area contributed by atoms with Crippen molar-refractivity contribution in [1.29, 1.82) is 0 Å². The van der Waals surface area contributed by atoms with Gasteiger partial charge in [0.25, 0.3) is 0 Å². The van der Waals surface area contributed by atoms with E-state index in [1.165, 1.54) is 6.20 Å². The highest BCUT2D eigenvalue weighted by Gasteiger charge is 2.40. The zero-order valence-electron chi connectivity index (χ0n) is 18.8. The van der Waals surface area contributed by atoms with Gasteiger partial charge >= 0.3 is 6.03 Å². The van der Waals surface area contributed by atoms with Crippen LogP contribution in [0.1, 0.15) is 12.1 Å². The van der Waals surface area contributed by atoms with E-state index >= 15 is 0 Å². The minimum Gasteiger partial charge on any atom is -0.475 e. The SMILES string of the molecule is Cc1cc(-c2ccc3c(n2)N(C(=O)Nc2ccnc(OC[C@@H](O)CO)c2)C2CCN3C2)ccn1. The lowest BCUT2D eigenvalue weighted by molar-refractivity contribution is 0.0521. The van der Waals surface area contributed by atoms with Crippen molar-refractivity contribution in [3.05, 3.63) is 54.5 Å². The zero-order chi connectivity index (χ0) is 23.7. The van der Waals surface area contributed by atoms with Crippen LogP contribution in [0.5, 0.6) is 5.88 Å². The molecule has 176 valence electrons. The van der Waals surface area contributed by atoms with Crippen molar-refractivity contribution in [1.82, 2.24) is 15.0 Å². The van der Waals surface area contributed by atoms with Crippen LogP contribution in [0.25, 0.3) is 11.3 Å². The Hall–Kier alpha value is -3.76. The molecule has 0 aliphatic carbocycles. The largest absolute Gasteiger partial charge is 0.475 e. The predicted molar refractivity (Wildman–Crippen MR) is 127 cm³/mol. The number of aromatic nitrogens is 3. The third kappa shape index (κ3) is 4.37. The number of nitrogens with one attached hydrogen (secondary N) is 1. The zero-order valence-corrected chi connectivity index (χ0v) is 18.8. The highest BCUT2D eigenvalue weighted by Crippen LogP contribution is 2.40. The summed E-state index contributed by atoms with van der Waals surface area (Å²) in [5.74, 6) is 0.875. The summed E-state index contributed by atoms with van der Waals surface area (Å²) in [6.07, 6.45) is 3.13. The molecule has 3 aromatic heterocycles. The van der Waals surface area contributed by atoms with E-state index in [2.05, 4.69) is 20.2 Å². The van der Waals surface area contributed by atoms with Crippen LogP contribution in [0.15, 0.2) is 48.8 Å². The first-order valence-corrected chi connectivity index (χ1v) is 11.2. The molecule has 2 aliphatic rings. The Morgan fingerprint density at radius 2 is 2.09 bits per heavy atom. The fraction of sp³-hybridized carbons (Fsp3) is 0.333. The second-order valence-electron chi connectivity index (χ2n) is 8.44. The molecule has 1 fully saturated rings. The number of amides is 2. The molecule has 0 radical (unpaired) electrons. The number of aliphatic hydroxyl groups is 2. The minimum atomic E-state index is -1.00. The lowest BCUT2D eigenvalue weighted by atomic mass is 10.1. The highest BCUT2D eigenvalue weighted by molar-refractivity contribution is 6.04. The number of ether oxygens (including phenoxy) is 1. The summed E-state index contributed by atoms with van der Waals surface area (Å²) in [5, 5.41) is 21.4. The molecule has 34 heavy (non-hydrogen) atoms. The number of nitrogens with zero attached hydrogens (tertiary/aromatic N) is 5. The molecule has 5 heterocycles. The number of pyridine rings is 3. The maximum atomic E-state index is 13.5. The van der Waals surface area contributed by atoms with Crippen LogP contribution in [0.3, 0.4) is 0 Å². The number of rotatable bonds is 6. The molecule has 1 saturated heterocycles. The van der Waals surface area contributed by atoms with Gasteiger partial charge in [-0.1, -0.05) is 0 Å². The summed E-state index contributed by atoms with van der Waals surface area (Å²) in [4.78, 5) is 30.7. The van der Waals surface area contributed by atoms with Crippen molar-refractivity contribution >= 4 is 23.2 Å². The molecular formula is C24H26N6O4. The summed E-state index contributed by atoms with van der Waals surface area (Å²) in [7, 11) is 0. The lowest BCUT2D eigenvalue weighted by Crippen LogP contribution is -2.48. The van der Waals surface area contributed by atoms with Crippen molar-refractivity contribution in [3.8, 4) is 17.1 Å². The van der Waals surface area contributed by atoms with Crippen molar-refractivity contribution in [2.24, 2.45) is 0 Å². The number of aliphatic hydroxyl groups excluding tert-OH is 2. The summed E-state index contributed by atoms with van der Waals surface area (Å²) >= 11 is 0. The minimum absolute atomic E-state index is 0.0201. The first kappa shape index (κ1) is 22.1. The molecule has 2 amide bonds. The fourth-order valence-electron chi connectivity index (χ4n) is 4.32. The van der Waals surface area contributed by atoms with E-state index in [9.17, 15) is 9.90 Å². The maximum absolute atomic E-state index is 13.5. The van der Waals surface area contributed by atoms with Crippen molar-refractivity contribution in [3.63, 3.8) is 0 Å². The molecule has 10 heteroatoms. The van der Waals surface area contributed by atoms with E-state index in [0.717, 1.165) is 42.1 Å². The molecule has 0 spiro atoms. The van der Waals surface area contributed by atoms with Gasteiger partial charge in [-0.2, -0.15) is 0 Å². The van der Waals surface area contributed by atoms with Crippen molar-refractivity contribution in [2.45, 2.75) is 25.5 Å². The van der Waals surface area contributed by atoms with E-state index in [-0.39, 0.29) is 24.6 Å². The van der Waals surface area contributed by atoms with Crippen LogP contribution >= 0.6 is 0 Å². The number of aryl methyl sites for hydroxylation is 1. The highest BCUT2D eigenvalue weighted by atomic mass is 16.5. The third-order valence-corrected chi connectivity index (χ3v) is 5.98. The van der Waals surface area contributed by atoms with Crippen LogP contribution in [-0.4, -0.2) is 69.6 Å². The topological polar surface area (TPSA) is 124 Å². The van der Waals surface area contributed by atoms with E-state index in [0.29, 0.717) is 11.5 Å². The molecule has 3 aromatic rings. The third-order valence-electron chi connectivity index (χ3n) is 5.98. The Balaban J connectivity index is 1.41. The molecule has 0 aromatic carbocycles. The molecule has 5 rings (SSSR count). The van der Waals surface area contributed by atoms with Gasteiger partial charge in [-0.15, -0.1) is 0 Å². The predicted octanol–water partition coefficient (Wildman–Crippen LogP) is 2.21. The van der Waals surface area contributed by atoms with Gasteiger partial charge < -0.3 is 25.2 Å². The molecule has 0 saturated carbocycles. The van der Waals surface area contributed by atoms with Gasteiger partial charge in [0, 0.05) is 48.5 Å². The van der Waals surface area contributed by atoms with Crippen molar-refractivity contribution in [2.75, 3.05) is 41.4 Å². The van der Waals surface area contributed by atoms with Crippen LogP contribution < -0.4 is 19.9 Å². The van der Waals surface area contributed by atoms with E-state index < -0.39 is 12.7 Å². The second kappa shape index (κ2) is 9.24. The van der Waals surface area contributed by atoms with Crippen LogP contribution in [-0.2, 0) is 0 Å². The molecule has 10 nitrogen and oxygen atoms in total. The van der Waals surface area contributed by atoms with Crippen LogP contribution in [0.2, 0.25) is 0 Å². The standard InChI is InChI=1S/C24H26N6O4/c1-15-10-16(4-7-25-15)20-2-3-21-23(28-20)30(18-6-9-29(21)12-18)24(33)27-17-5-8-26-22(11-17)34-14-19(32)13-31/h2-5,7-8,10-11,18-19,31-32H,6,9,12-14H2,1H3,(H,26,27,33)/t18?,19-/m0/s1. The van der Waals surface area contributed by atoms with Gasteiger partial charge in [-0.3, -0.25) is 9.88 Å². The summed E-state index contributed by atoms with van der Waals surface area (Å²) in [6.45, 7) is 3.07. The molecule has 3 N–H and O–H groups in total. The van der Waals surface area contributed by atoms with Crippen LogP contribution in [0.4, 0.5) is 22.0 Å². The second-order valence-corrected chi connectivity index (χ2v) is 8.44. The lowest BCUT2D eigenvalue weighted by Gasteiger charge is -2.36. The molecule has 2 aliphatic heterocycles. The van der Waals surface area contributed by atoms with Gasteiger partial charge in [-0.05, 0) is 43.7 Å².